The molecule has 0 aromatic rings. The van der Waals surface area contributed by atoms with Crippen LogP contribution in [0.3, 0.4) is 0 Å². The molecule has 13 nitrogen and oxygen atoms in total. The first-order valence-corrected chi connectivity index (χ1v) is 14.8. The second-order valence-electron chi connectivity index (χ2n) is 9.56. The normalized spacial score (nSPS) is 27.9. The van der Waals surface area contributed by atoms with Crippen molar-refractivity contribution in [2.75, 3.05) is 13.2 Å². The van der Waals surface area contributed by atoms with E-state index in [2.05, 4.69) is 6.92 Å². The molecule has 38 heavy (non-hydrogen) atoms. The summed E-state index contributed by atoms with van der Waals surface area (Å²) < 4.78 is 32.5. The molecule has 224 valence electrons. The monoisotopic (exact) mass is 572 g/mol. The summed E-state index contributed by atoms with van der Waals surface area (Å²) in [5, 5.41) is 49.2. The lowest BCUT2D eigenvalue weighted by atomic mass is 9.85. The highest BCUT2D eigenvalue weighted by molar-refractivity contribution is 7.47. The molecule has 0 amide bonds. The lowest BCUT2D eigenvalue weighted by Crippen LogP contribution is -2.64. The molecule has 3 unspecified atom stereocenters. The summed E-state index contributed by atoms with van der Waals surface area (Å²) in [4.78, 5) is 34.3. The fourth-order valence-electron chi connectivity index (χ4n) is 3.85. The van der Waals surface area contributed by atoms with Crippen LogP contribution in [0.5, 0.6) is 0 Å². The van der Waals surface area contributed by atoms with Crippen molar-refractivity contribution in [2.45, 2.75) is 127 Å². The Bertz CT molecular complexity index is 720. The van der Waals surface area contributed by atoms with Gasteiger partial charge in [-0.15, -0.1) is 0 Å². The highest BCUT2D eigenvalue weighted by atomic mass is 31.2. The molecular formula is C24H45O13P. The predicted octanol–water partition coefficient (Wildman–Crippen LogP) is 1.09. The summed E-state index contributed by atoms with van der Waals surface area (Å²) in [6, 6.07) is 0. The van der Waals surface area contributed by atoms with E-state index in [0.717, 1.165) is 38.5 Å². The quantitative estimate of drug-likeness (QED) is 0.0728. The van der Waals surface area contributed by atoms with Gasteiger partial charge >= 0.3 is 19.8 Å². The third-order valence-electron chi connectivity index (χ3n) is 6.20. The van der Waals surface area contributed by atoms with Crippen LogP contribution in [0.4, 0.5) is 0 Å². The van der Waals surface area contributed by atoms with E-state index in [1.807, 2.05) is 6.92 Å². The Hall–Kier alpha value is -1.15. The molecule has 0 heterocycles. The van der Waals surface area contributed by atoms with Crippen molar-refractivity contribution in [3.8, 4) is 0 Å². The molecule has 0 radical (unpaired) electrons. The molecule has 1 aliphatic carbocycles. The number of hydrogen-bond acceptors (Lipinski definition) is 12. The maximum atomic E-state index is 12.5. The molecule has 1 aliphatic rings. The topological polar surface area (TPSA) is 210 Å². The zero-order valence-corrected chi connectivity index (χ0v) is 23.1. The number of phosphoric acid groups is 1. The van der Waals surface area contributed by atoms with Crippen molar-refractivity contribution in [2.24, 2.45) is 0 Å². The molecule has 8 atom stereocenters. The van der Waals surface area contributed by atoms with Gasteiger partial charge in [-0.05, 0) is 12.8 Å². The van der Waals surface area contributed by atoms with Crippen LogP contribution in [0.1, 0.15) is 84.5 Å². The predicted molar refractivity (Wildman–Crippen MR) is 134 cm³/mol. The Morgan fingerprint density at radius 2 is 1.21 bits per heavy atom. The average Bonchev–Trinajstić information content (AvgIpc) is 2.88. The summed E-state index contributed by atoms with van der Waals surface area (Å²) >= 11 is 0. The number of carbonyl (C=O) groups is 2. The van der Waals surface area contributed by atoms with Crippen LogP contribution in [0.2, 0.25) is 0 Å². The zero-order chi connectivity index (χ0) is 28.7. The largest absolute Gasteiger partial charge is 0.472 e. The third-order valence-corrected chi connectivity index (χ3v) is 7.18. The molecule has 0 aromatic carbocycles. The maximum absolute atomic E-state index is 12.5. The summed E-state index contributed by atoms with van der Waals surface area (Å²) in [7, 11) is -5.07. The lowest BCUT2D eigenvalue weighted by Gasteiger charge is -2.41. The van der Waals surface area contributed by atoms with Crippen molar-refractivity contribution in [1.82, 2.24) is 0 Å². The van der Waals surface area contributed by atoms with Crippen LogP contribution in [0, 0.1) is 0 Å². The number of hydrogen-bond donors (Lipinski definition) is 6. The van der Waals surface area contributed by atoms with Crippen molar-refractivity contribution < 1.29 is 63.1 Å². The first-order chi connectivity index (χ1) is 17.9. The maximum Gasteiger partial charge on any atom is 0.472 e. The van der Waals surface area contributed by atoms with E-state index in [1.165, 1.54) is 6.42 Å². The first-order valence-electron chi connectivity index (χ1n) is 13.3. The molecule has 14 heteroatoms. The number of esters is 2. The van der Waals surface area contributed by atoms with Crippen LogP contribution in [-0.2, 0) is 32.7 Å². The molecule has 6 N–H and O–H groups in total. The molecule has 1 rings (SSSR count). The van der Waals surface area contributed by atoms with Crippen molar-refractivity contribution in [1.29, 1.82) is 0 Å². The Labute approximate surface area is 223 Å². The number of rotatable bonds is 19. The van der Waals surface area contributed by atoms with Crippen molar-refractivity contribution in [3.63, 3.8) is 0 Å². The van der Waals surface area contributed by atoms with Gasteiger partial charge in [0.1, 0.15) is 43.2 Å². The Balaban J connectivity index is 2.68. The minimum absolute atomic E-state index is 0.0971. The van der Waals surface area contributed by atoms with Crippen LogP contribution in [0.15, 0.2) is 0 Å². The van der Waals surface area contributed by atoms with Gasteiger partial charge in [0, 0.05) is 12.8 Å². The van der Waals surface area contributed by atoms with E-state index >= 15 is 0 Å². The molecule has 0 aromatic heterocycles. The average molecular weight is 573 g/mol. The Morgan fingerprint density at radius 1 is 0.711 bits per heavy atom. The van der Waals surface area contributed by atoms with Gasteiger partial charge in [-0.3, -0.25) is 18.6 Å². The van der Waals surface area contributed by atoms with Gasteiger partial charge in [-0.25, -0.2) is 4.57 Å². The van der Waals surface area contributed by atoms with E-state index in [1.54, 1.807) is 0 Å². The van der Waals surface area contributed by atoms with Crippen LogP contribution in [-0.4, -0.2) is 98.3 Å². The fourth-order valence-corrected chi connectivity index (χ4v) is 4.82. The SMILES string of the molecule is CCCCCCCCCC(=O)O[C@@H](COC(=O)CCCC)COP(=O)(O)OC1[C@@H](O)[C@@H](O)C(O)[C@H](O)[C@H]1O. The molecule has 1 saturated carbocycles. The van der Waals surface area contributed by atoms with Gasteiger partial charge in [0.2, 0.25) is 0 Å². The second kappa shape index (κ2) is 18.2. The van der Waals surface area contributed by atoms with E-state index in [9.17, 15) is 44.6 Å². The smallest absolute Gasteiger partial charge is 0.462 e. The summed E-state index contributed by atoms with van der Waals surface area (Å²) in [6.07, 6.45) is -4.61. The molecular weight excluding hydrogens is 527 g/mol. The van der Waals surface area contributed by atoms with Gasteiger partial charge in [-0.1, -0.05) is 58.8 Å². The van der Waals surface area contributed by atoms with Crippen LogP contribution in [0.25, 0.3) is 0 Å². The second-order valence-corrected chi connectivity index (χ2v) is 11.0. The highest BCUT2D eigenvalue weighted by Gasteiger charge is 2.51. The zero-order valence-electron chi connectivity index (χ0n) is 22.2. The standard InChI is InChI=1S/C24H45O13P/c1-3-5-7-8-9-10-11-13-18(26)36-16(14-34-17(25)12-6-4-2)15-35-38(32,33)37-24-22(30)20(28)19(27)21(29)23(24)31/h16,19-24,27-31H,3-15H2,1-2H3,(H,32,33)/t16-,19?,20-,21-,22-,23+,24?/m0/s1. The number of aliphatic hydroxyl groups is 5. The van der Waals surface area contributed by atoms with Crippen LogP contribution < -0.4 is 0 Å². The third kappa shape index (κ3) is 12.8. The summed E-state index contributed by atoms with van der Waals surface area (Å²) in [5.74, 6) is -1.15. The first kappa shape index (κ1) is 34.9. The number of phosphoric ester groups is 1. The van der Waals surface area contributed by atoms with E-state index in [4.69, 9.17) is 18.5 Å². The number of ether oxygens (including phenoxy) is 2. The van der Waals surface area contributed by atoms with Gasteiger partial charge in [0.05, 0.1) is 6.61 Å². The van der Waals surface area contributed by atoms with Gasteiger partial charge in [-0.2, -0.15) is 0 Å². The van der Waals surface area contributed by atoms with Crippen LogP contribution >= 0.6 is 7.82 Å². The van der Waals surface area contributed by atoms with Crippen molar-refractivity contribution >= 4 is 19.8 Å². The summed E-state index contributed by atoms with van der Waals surface area (Å²) in [6.45, 7) is 2.85. The summed E-state index contributed by atoms with van der Waals surface area (Å²) in [5.41, 5.74) is 0. The molecule has 0 saturated heterocycles. The molecule has 0 bridgehead atoms. The fraction of sp³-hybridized carbons (Fsp3) is 0.917. The van der Waals surface area contributed by atoms with Gasteiger partial charge in [0.15, 0.2) is 6.10 Å². The van der Waals surface area contributed by atoms with E-state index in [-0.39, 0.29) is 12.8 Å². The van der Waals surface area contributed by atoms with Gasteiger partial charge in [0.25, 0.3) is 0 Å². The minimum atomic E-state index is -5.07. The number of unbranched alkanes of at least 4 members (excludes halogenated alkanes) is 7. The molecule has 1 fully saturated rings. The number of carbonyl (C=O) groups excluding carboxylic acids is 2. The van der Waals surface area contributed by atoms with E-state index in [0.29, 0.717) is 12.8 Å². The Morgan fingerprint density at radius 3 is 1.79 bits per heavy atom. The Kier molecular flexibility index (Phi) is 16.7. The minimum Gasteiger partial charge on any atom is -0.462 e. The van der Waals surface area contributed by atoms with Crippen molar-refractivity contribution in [3.05, 3.63) is 0 Å². The molecule has 0 spiro atoms. The van der Waals surface area contributed by atoms with Gasteiger partial charge < -0.3 is 39.9 Å². The highest BCUT2D eigenvalue weighted by Crippen LogP contribution is 2.47. The number of aliphatic hydroxyl groups excluding tert-OH is 5. The lowest BCUT2D eigenvalue weighted by molar-refractivity contribution is -0.220. The molecule has 0 aliphatic heterocycles. The van der Waals surface area contributed by atoms with E-state index < -0.39 is 75.7 Å².